The third kappa shape index (κ3) is 1.45. The number of carbonyl (C=O) groups is 1. The van der Waals surface area contributed by atoms with E-state index in [4.69, 9.17) is 0 Å². The maximum atomic E-state index is 10.8. The minimum atomic E-state index is 0.104. The van der Waals surface area contributed by atoms with Crippen LogP contribution in [0.25, 0.3) is 0 Å². The predicted molar refractivity (Wildman–Crippen MR) is 40.3 cm³/mol. The Hall–Kier alpha value is -0.500. The average Bonchev–Trinajstić information content (AvgIpc) is 2.37. The second-order valence-corrected chi connectivity index (χ2v) is 2.81. The van der Waals surface area contributed by atoms with Crippen molar-refractivity contribution in [3.05, 3.63) is 24.1 Å². The van der Waals surface area contributed by atoms with Gasteiger partial charge in [0.05, 0.1) is 0 Å². The van der Waals surface area contributed by atoms with Gasteiger partial charge in [0.15, 0.2) is 5.78 Å². The van der Waals surface area contributed by atoms with Crippen LogP contribution in [0.5, 0.6) is 0 Å². The van der Waals surface area contributed by atoms with Crippen molar-refractivity contribution in [3.63, 3.8) is 0 Å². The molecule has 1 rings (SSSR count). The fourth-order valence-corrected chi connectivity index (χ4v) is 1.59. The largest absolute Gasteiger partial charge is 0.294 e. The highest BCUT2D eigenvalue weighted by Crippen LogP contribution is 2.20. The summed E-state index contributed by atoms with van der Waals surface area (Å²) in [6, 6.07) is 0. The maximum Gasteiger partial charge on any atom is 0.162 e. The lowest BCUT2D eigenvalue weighted by Gasteiger charge is -1.97. The first-order valence-corrected chi connectivity index (χ1v) is 3.84. The molecular formula is C7H8OS. The molecule has 0 spiro atoms. The Labute approximate surface area is 58.8 Å². The minimum absolute atomic E-state index is 0.104. The van der Waals surface area contributed by atoms with Gasteiger partial charge in [0, 0.05) is 11.7 Å². The van der Waals surface area contributed by atoms with Crippen molar-refractivity contribution in [1.82, 2.24) is 0 Å². The molecule has 0 aromatic carbocycles. The van der Waals surface area contributed by atoms with Crippen LogP contribution < -0.4 is 0 Å². The molecule has 1 aliphatic heterocycles. The lowest BCUT2D eigenvalue weighted by Crippen LogP contribution is -2.08. The van der Waals surface area contributed by atoms with Crippen molar-refractivity contribution in [2.24, 2.45) is 5.92 Å². The van der Waals surface area contributed by atoms with Gasteiger partial charge in [-0.25, -0.2) is 0 Å². The van der Waals surface area contributed by atoms with Gasteiger partial charge in [0.25, 0.3) is 0 Å². The summed E-state index contributed by atoms with van der Waals surface area (Å²) in [7, 11) is 0. The highest BCUT2D eigenvalue weighted by atomic mass is 32.2. The van der Waals surface area contributed by atoms with E-state index < -0.39 is 0 Å². The first kappa shape index (κ1) is 6.62. The van der Waals surface area contributed by atoms with Gasteiger partial charge in [0.2, 0.25) is 0 Å². The summed E-state index contributed by atoms with van der Waals surface area (Å²) in [6.07, 6.45) is 3.32. The number of carbonyl (C=O) groups excluding carboxylic acids is 1. The Kier molecular flexibility index (Phi) is 2.11. The molecule has 0 bridgehead atoms. The molecule has 48 valence electrons. The molecular weight excluding hydrogens is 132 g/mol. The van der Waals surface area contributed by atoms with E-state index in [0.717, 1.165) is 5.75 Å². The zero-order valence-electron chi connectivity index (χ0n) is 5.04. The Morgan fingerprint density at radius 3 is 3.11 bits per heavy atom. The van der Waals surface area contributed by atoms with Crippen LogP contribution in [0.4, 0.5) is 0 Å². The van der Waals surface area contributed by atoms with Crippen LogP contribution in [0, 0.1) is 5.92 Å². The number of ketones is 1. The molecule has 0 radical (unpaired) electrons. The first-order chi connectivity index (χ1) is 4.34. The monoisotopic (exact) mass is 140 g/mol. The second-order valence-electron chi connectivity index (χ2n) is 1.87. The van der Waals surface area contributed by atoms with Crippen LogP contribution in [0.1, 0.15) is 0 Å². The van der Waals surface area contributed by atoms with Crippen molar-refractivity contribution >= 4 is 17.5 Å². The smallest absolute Gasteiger partial charge is 0.162 e. The van der Waals surface area contributed by atoms with Crippen LogP contribution in [0.15, 0.2) is 24.1 Å². The Morgan fingerprint density at radius 1 is 1.89 bits per heavy atom. The average molecular weight is 140 g/mol. The van der Waals surface area contributed by atoms with Crippen LogP contribution in [-0.4, -0.2) is 11.5 Å². The lowest BCUT2D eigenvalue weighted by molar-refractivity contribution is -0.116. The van der Waals surface area contributed by atoms with Crippen LogP contribution in [0.2, 0.25) is 0 Å². The highest BCUT2D eigenvalue weighted by molar-refractivity contribution is 8.02. The number of rotatable bonds is 2. The summed E-state index contributed by atoms with van der Waals surface area (Å²) in [5, 5.41) is 1.96. The third-order valence-corrected chi connectivity index (χ3v) is 2.15. The molecule has 0 saturated heterocycles. The summed E-state index contributed by atoms with van der Waals surface area (Å²) in [6.45, 7) is 3.41. The van der Waals surface area contributed by atoms with Crippen molar-refractivity contribution in [1.29, 1.82) is 0 Å². The molecule has 1 aliphatic rings. The summed E-state index contributed by atoms with van der Waals surface area (Å²) < 4.78 is 0. The summed E-state index contributed by atoms with van der Waals surface area (Å²) >= 11 is 1.68. The van der Waals surface area contributed by atoms with E-state index in [1.807, 2.05) is 11.5 Å². The van der Waals surface area contributed by atoms with E-state index >= 15 is 0 Å². The van der Waals surface area contributed by atoms with Crippen LogP contribution >= 0.6 is 11.8 Å². The van der Waals surface area contributed by atoms with E-state index in [2.05, 4.69) is 6.58 Å². The summed E-state index contributed by atoms with van der Waals surface area (Å²) in [5.41, 5.74) is 0. The van der Waals surface area contributed by atoms with Crippen molar-refractivity contribution < 1.29 is 4.79 Å². The molecule has 0 saturated carbocycles. The summed E-state index contributed by atoms with van der Waals surface area (Å²) in [5.74, 6) is 1.13. The van der Waals surface area contributed by atoms with Gasteiger partial charge in [-0.2, -0.15) is 0 Å². The first-order valence-electron chi connectivity index (χ1n) is 2.79. The molecule has 0 fully saturated rings. The van der Waals surface area contributed by atoms with Gasteiger partial charge in [0.1, 0.15) is 0 Å². The fourth-order valence-electron chi connectivity index (χ4n) is 0.694. The topological polar surface area (TPSA) is 17.1 Å². The molecule has 0 aromatic rings. The van der Waals surface area contributed by atoms with E-state index in [1.54, 1.807) is 11.8 Å². The van der Waals surface area contributed by atoms with Gasteiger partial charge in [-0.15, -0.1) is 11.8 Å². The number of allylic oxidation sites excluding steroid dienone is 2. The third-order valence-electron chi connectivity index (χ3n) is 1.25. The predicted octanol–water partition coefficient (Wildman–Crippen LogP) is 1.62. The highest BCUT2D eigenvalue weighted by Gasteiger charge is 2.14. The van der Waals surface area contributed by atoms with E-state index in [-0.39, 0.29) is 11.7 Å². The number of thioether (sulfide) groups is 1. The van der Waals surface area contributed by atoms with Crippen molar-refractivity contribution in [2.45, 2.75) is 0 Å². The van der Waals surface area contributed by atoms with Crippen LogP contribution in [-0.2, 0) is 4.79 Å². The quantitative estimate of drug-likeness (QED) is 0.542. The van der Waals surface area contributed by atoms with Gasteiger partial charge in [-0.1, -0.05) is 12.7 Å². The molecule has 0 aromatic heterocycles. The van der Waals surface area contributed by atoms with Gasteiger partial charge >= 0.3 is 0 Å². The Bertz CT molecular complexity index is 160. The molecule has 1 unspecified atom stereocenters. The molecule has 9 heavy (non-hydrogen) atoms. The normalized spacial score (nSPS) is 24.2. The lowest BCUT2D eigenvalue weighted by atomic mass is 10.1. The van der Waals surface area contributed by atoms with Gasteiger partial charge < -0.3 is 0 Å². The van der Waals surface area contributed by atoms with Gasteiger partial charge in [-0.05, 0) is 11.5 Å². The SMILES string of the molecule is C=CC(=O)C1C=CSC1. The molecule has 1 nitrogen and oxygen atoms in total. The fraction of sp³-hybridized carbons (Fsp3) is 0.286. The van der Waals surface area contributed by atoms with E-state index in [1.165, 1.54) is 6.08 Å². The second kappa shape index (κ2) is 2.87. The van der Waals surface area contributed by atoms with Crippen molar-refractivity contribution in [3.8, 4) is 0 Å². The standard InChI is InChI=1S/C7H8OS/c1-2-7(8)6-3-4-9-5-6/h2-4,6H,1,5H2. The number of hydrogen-bond acceptors (Lipinski definition) is 2. The van der Waals surface area contributed by atoms with E-state index in [0.29, 0.717) is 0 Å². The molecule has 0 amide bonds. The molecule has 0 aliphatic carbocycles. The molecule has 1 heterocycles. The zero-order valence-corrected chi connectivity index (χ0v) is 5.86. The molecule has 1 atom stereocenters. The molecule has 0 N–H and O–H groups in total. The van der Waals surface area contributed by atoms with Crippen LogP contribution in [0.3, 0.4) is 0 Å². The maximum absolute atomic E-state index is 10.8. The zero-order chi connectivity index (χ0) is 6.69. The number of hydrogen-bond donors (Lipinski definition) is 0. The van der Waals surface area contributed by atoms with Gasteiger partial charge in [-0.3, -0.25) is 4.79 Å². The Balaban J connectivity index is 2.52. The van der Waals surface area contributed by atoms with Crippen molar-refractivity contribution in [2.75, 3.05) is 5.75 Å². The van der Waals surface area contributed by atoms with E-state index in [9.17, 15) is 4.79 Å². The Morgan fingerprint density at radius 2 is 2.67 bits per heavy atom. The molecule has 2 heteroatoms. The summed E-state index contributed by atoms with van der Waals surface area (Å²) in [4.78, 5) is 10.8. The minimum Gasteiger partial charge on any atom is -0.294 e.